The average Bonchev–Trinajstić information content (AvgIpc) is 2.37. The Morgan fingerprint density at radius 3 is 2.65 bits per heavy atom. The molecule has 20 heavy (non-hydrogen) atoms. The number of amides is 1. The molecule has 0 saturated carbocycles. The van der Waals surface area contributed by atoms with Crippen LogP contribution in [0.3, 0.4) is 0 Å². The van der Waals surface area contributed by atoms with Crippen LogP contribution in [0.2, 0.25) is 0 Å². The van der Waals surface area contributed by atoms with E-state index in [4.69, 9.17) is 0 Å². The number of hydrogen-bond donors (Lipinski definition) is 2. The number of hydrogen-bond acceptors (Lipinski definition) is 3. The van der Waals surface area contributed by atoms with Gasteiger partial charge in [0.05, 0.1) is 0 Å². The van der Waals surface area contributed by atoms with Crippen molar-refractivity contribution in [1.82, 2.24) is 4.90 Å². The highest BCUT2D eigenvalue weighted by Gasteiger charge is 2.35. The molecule has 1 aromatic rings. The minimum atomic E-state index is -0.957. The van der Waals surface area contributed by atoms with Crippen molar-refractivity contribution < 1.29 is 19.8 Å². The Kier molecular flexibility index (Phi) is 3.97. The molecule has 5 nitrogen and oxygen atoms in total. The van der Waals surface area contributed by atoms with E-state index in [0.717, 1.165) is 6.42 Å². The molecule has 0 aliphatic carbocycles. The lowest BCUT2D eigenvalue weighted by Crippen LogP contribution is -2.49. The van der Waals surface area contributed by atoms with Gasteiger partial charge in [0.15, 0.2) is 0 Å². The summed E-state index contributed by atoms with van der Waals surface area (Å²) in [6.45, 7) is 4.19. The highest BCUT2D eigenvalue weighted by Crippen LogP contribution is 2.26. The maximum atomic E-state index is 12.5. The van der Waals surface area contributed by atoms with Gasteiger partial charge >= 0.3 is 5.97 Å². The Labute approximate surface area is 117 Å². The molecule has 0 radical (unpaired) electrons. The second-order valence-corrected chi connectivity index (χ2v) is 5.48. The molecule has 1 aromatic carbocycles. The van der Waals surface area contributed by atoms with Crippen LogP contribution in [0.5, 0.6) is 5.75 Å². The first-order valence-corrected chi connectivity index (χ1v) is 6.73. The largest absolute Gasteiger partial charge is 0.508 e. The molecule has 1 saturated heterocycles. The number of benzene rings is 1. The first-order valence-electron chi connectivity index (χ1n) is 6.73. The van der Waals surface area contributed by atoms with Crippen LogP contribution in [0.1, 0.15) is 35.7 Å². The normalized spacial score (nSPS) is 22.6. The van der Waals surface area contributed by atoms with Gasteiger partial charge in [-0.1, -0.05) is 6.92 Å². The topological polar surface area (TPSA) is 77.8 Å². The van der Waals surface area contributed by atoms with Crippen molar-refractivity contribution in [2.24, 2.45) is 5.92 Å². The van der Waals surface area contributed by atoms with Gasteiger partial charge < -0.3 is 15.1 Å². The van der Waals surface area contributed by atoms with Gasteiger partial charge in [-0.15, -0.1) is 0 Å². The monoisotopic (exact) mass is 277 g/mol. The molecule has 1 fully saturated rings. The molecule has 2 N–H and O–H groups in total. The maximum Gasteiger partial charge on any atom is 0.326 e. The summed E-state index contributed by atoms with van der Waals surface area (Å²) in [5.74, 6) is -0.828. The number of aryl methyl sites for hydroxylation is 1. The predicted octanol–water partition coefficient (Wildman–Crippen LogP) is 2.03. The van der Waals surface area contributed by atoms with Crippen LogP contribution in [0.25, 0.3) is 0 Å². The molecule has 2 atom stereocenters. The molecular formula is C15H19NO4. The Balaban J connectivity index is 2.28. The van der Waals surface area contributed by atoms with Crippen LogP contribution in [0, 0.1) is 12.8 Å². The number of carboxylic acids is 1. The van der Waals surface area contributed by atoms with E-state index in [1.54, 1.807) is 13.0 Å². The number of phenols is 1. The molecule has 2 rings (SSSR count). The van der Waals surface area contributed by atoms with Crippen molar-refractivity contribution in [3.63, 3.8) is 0 Å². The summed E-state index contributed by atoms with van der Waals surface area (Å²) in [5.41, 5.74) is 1.10. The number of aromatic hydroxyl groups is 1. The van der Waals surface area contributed by atoms with Crippen LogP contribution < -0.4 is 0 Å². The van der Waals surface area contributed by atoms with E-state index in [-0.39, 0.29) is 11.7 Å². The fraction of sp³-hybridized carbons (Fsp3) is 0.467. The smallest absolute Gasteiger partial charge is 0.326 e. The lowest BCUT2D eigenvalue weighted by Gasteiger charge is -2.36. The maximum absolute atomic E-state index is 12.5. The first kappa shape index (κ1) is 14.4. The minimum Gasteiger partial charge on any atom is -0.508 e. The molecule has 1 amide bonds. The molecular weight excluding hydrogens is 258 g/mol. The summed E-state index contributed by atoms with van der Waals surface area (Å²) < 4.78 is 0. The van der Waals surface area contributed by atoms with Crippen molar-refractivity contribution in [3.8, 4) is 5.75 Å². The van der Waals surface area contributed by atoms with Crippen molar-refractivity contribution in [1.29, 1.82) is 0 Å². The zero-order valence-corrected chi connectivity index (χ0v) is 11.7. The fourth-order valence-corrected chi connectivity index (χ4v) is 2.66. The number of rotatable bonds is 2. The number of carboxylic acid groups (broad SMARTS) is 1. The van der Waals surface area contributed by atoms with Gasteiger partial charge in [0.2, 0.25) is 0 Å². The summed E-state index contributed by atoms with van der Waals surface area (Å²) in [4.78, 5) is 25.3. The average molecular weight is 277 g/mol. The zero-order chi connectivity index (χ0) is 14.9. The van der Waals surface area contributed by atoms with Crippen LogP contribution >= 0.6 is 0 Å². The third-order valence-electron chi connectivity index (χ3n) is 3.85. The Morgan fingerprint density at radius 2 is 2.05 bits per heavy atom. The standard InChI is InChI=1S/C15H19NO4/c1-9-5-6-16(13(7-9)15(19)20)14(18)12-4-3-11(17)8-10(12)2/h3-4,8-9,13,17H,5-7H2,1-2H3,(H,19,20). The van der Waals surface area contributed by atoms with Gasteiger partial charge in [-0.2, -0.15) is 0 Å². The van der Waals surface area contributed by atoms with Gasteiger partial charge in [-0.3, -0.25) is 4.79 Å². The third-order valence-corrected chi connectivity index (χ3v) is 3.85. The second kappa shape index (κ2) is 5.53. The van der Waals surface area contributed by atoms with Crippen molar-refractivity contribution in [2.45, 2.75) is 32.7 Å². The predicted molar refractivity (Wildman–Crippen MR) is 73.7 cm³/mol. The Hall–Kier alpha value is -2.04. The van der Waals surface area contributed by atoms with Gasteiger partial charge in [0.1, 0.15) is 11.8 Å². The van der Waals surface area contributed by atoms with Crippen LogP contribution in [-0.2, 0) is 4.79 Å². The number of carbonyl (C=O) groups is 2. The van der Waals surface area contributed by atoms with E-state index in [1.807, 2.05) is 6.92 Å². The molecule has 1 heterocycles. The van der Waals surface area contributed by atoms with Crippen LogP contribution in [0.15, 0.2) is 18.2 Å². The summed E-state index contributed by atoms with van der Waals surface area (Å²) in [5, 5.41) is 18.7. The number of carbonyl (C=O) groups excluding carboxylic acids is 1. The van der Waals surface area contributed by atoms with Gasteiger partial charge in [-0.05, 0) is 49.4 Å². The van der Waals surface area contributed by atoms with E-state index in [0.29, 0.717) is 30.0 Å². The number of piperidine rings is 1. The fourth-order valence-electron chi connectivity index (χ4n) is 2.66. The van der Waals surface area contributed by atoms with Crippen LogP contribution in [-0.4, -0.2) is 39.6 Å². The van der Waals surface area contributed by atoms with Crippen molar-refractivity contribution >= 4 is 11.9 Å². The van der Waals surface area contributed by atoms with Crippen molar-refractivity contribution in [3.05, 3.63) is 29.3 Å². The quantitative estimate of drug-likeness (QED) is 0.867. The number of nitrogens with zero attached hydrogens (tertiary/aromatic N) is 1. The Morgan fingerprint density at radius 1 is 1.35 bits per heavy atom. The van der Waals surface area contributed by atoms with Crippen LogP contribution in [0.4, 0.5) is 0 Å². The minimum absolute atomic E-state index is 0.0982. The SMILES string of the molecule is Cc1cc(O)ccc1C(=O)N1CCC(C)CC1C(=O)O. The molecule has 1 aliphatic rings. The zero-order valence-electron chi connectivity index (χ0n) is 11.7. The highest BCUT2D eigenvalue weighted by atomic mass is 16.4. The van der Waals surface area contributed by atoms with E-state index < -0.39 is 12.0 Å². The molecule has 1 aliphatic heterocycles. The number of phenolic OH excluding ortho intramolecular Hbond substituents is 1. The second-order valence-electron chi connectivity index (χ2n) is 5.48. The summed E-state index contributed by atoms with van der Waals surface area (Å²) in [6.07, 6.45) is 1.30. The van der Waals surface area contributed by atoms with E-state index >= 15 is 0 Å². The first-order chi connectivity index (χ1) is 9.40. The molecule has 108 valence electrons. The number of likely N-dealkylation sites (tertiary alicyclic amines) is 1. The van der Waals surface area contributed by atoms with Gasteiger partial charge in [0, 0.05) is 12.1 Å². The van der Waals surface area contributed by atoms with E-state index in [1.165, 1.54) is 17.0 Å². The van der Waals surface area contributed by atoms with Crippen molar-refractivity contribution in [2.75, 3.05) is 6.54 Å². The van der Waals surface area contributed by atoms with E-state index in [9.17, 15) is 19.8 Å². The summed E-state index contributed by atoms with van der Waals surface area (Å²) in [7, 11) is 0. The lowest BCUT2D eigenvalue weighted by atomic mass is 9.91. The lowest BCUT2D eigenvalue weighted by molar-refractivity contribution is -0.144. The summed E-state index contributed by atoms with van der Waals surface area (Å²) >= 11 is 0. The molecule has 5 heteroatoms. The summed E-state index contributed by atoms with van der Waals surface area (Å²) in [6, 6.07) is 3.74. The highest BCUT2D eigenvalue weighted by molar-refractivity contribution is 5.98. The van der Waals surface area contributed by atoms with Gasteiger partial charge in [-0.25, -0.2) is 4.79 Å². The Bertz CT molecular complexity index is 541. The molecule has 0 bridgehead atoms. The van der Waals surface area contributed by atoms with Gasteiger partial charge in [0.25, 0.3) is 5.91 Å². The molecule has 0 aromatic heterocycles. The number of aliphatic carboxylic acids is 1. The van der Waals surface area contributed by atoms with E-state index in [2.05, 4.69) is 0 Å². The third kappa shape index (κ3) is 2.76. The molecule has 0 spiro atoms. The molecule has 2 unspecified atom stereocenters.